The predicted molar refractivity (Wildman–Crippen MR) is 60.9 cm³/mol. The maximum atomic E-state index is 11.6. The number of carbonyl (C=O) groups excluding carboxylic acids is 3. The van der Waals surface area contributed by atoms with Crippen molar-refractivity contribution in [1.29, 1.82) is 0 Å². The highest BCUT2D eigenvalue weighted by Crippen LogP contribution is 2.35. The van der Waals surface area contributed by atoms with Crippen LogP contribution in [0.25, 0.3) is 0 Å². The molecule has 16 heavy (non-hydrogen) atoms. The van der Waals surface area contributed by atoms with Gasteiger partial charge in [-0.05, 0) is 45.8 Å². The van der Waals surface area contributed by atoms with Crippen LogP contribution in [0, 0.1) is 5.41 Å². The first-order chi connectivity index (χ1) is 7.26. The molecule has 1 rings (SSSR count). The maximum absolute atomic E-state index is 11.6. The van der Waals surface area contributed by atoms with Gasteiger partial charge in [0.05, 0.1) is 0 Å². The monoisotopic (exact) mass is 220 g/mol. The standard InChI is InChI=1S/C13H16O3/c1-8(14)11-5-12(9(2)15)7-13(4,6-11)10(3)16/h5-6H,7H2,1-4H3. The summed E-state index contributed by atoms with van der Waals surface area (Å²) in [6.45, 7) is 6.13. The third-order valence-corrected chi connectivity index (χ3v) is 3.02. The molecule has 0 amide bonds. The summed E-state index contributed by atoms with van der Waals surface area (Å²) >= 11 is 0. The lowest BCUT2D eigenvalue weighted by molar-refractivity contribution is -0.123. The molecular weight excluding hydrogens is 204 g/mol. The molecule has 0 aromatic rings. The highest BCUT2D eigenvalue weighted by atomic mass is 16.1. The van der Waals surface area contributed by atoms with Crippen LogP contribution in [0.3, 0.4) is 0 Å². The first-order valence-corrected chi connectivity index (χ1v) is 5.22. The second kappa shape index (κ2) is 4.16. The van der Waals surface area contributed by atoms with E-state index < -0.39 is 5.41 Å². The summed E-state index contributed by atoms with van der Waals surface area (Å²) in [6.07, 6.45) is 3.65. The Morgan fingerprint density at radius 3 is 2.06 bits per heavy atom. The van der Waals surface area contributed by atoms with Crippen LogP contribution in [0.2, 0.25) is 0 Å². The molecule has 0 saturated carbocycles. The largest absolute Gasteiger partial charge is 0.299 e. The van der Waals surface area contributed by atoms with Gasteiger partial charge in [0.1, 0.15) is 5.78 Å². The first kappa shape index (κ1) is 12.6. The topological polar surface area (TPSA) is 51.2 Å². The lowest BCUT2D eigenvalue weighted by Gasteiger charge is -2.28. The van der Waals surface area contributed by atoms with E-state index in [4.69, 9.17) is 0 Å². The molecule has 0 radical (unpaired) electrons. The third kappa shape index (κ3) is 2.35. The van der Waals surface area contributed by atoms with Gasteiger partial charge in [-0.2, -0.15) is 0 Å². The SMILES string of the molecule is CC(=O)C1=CC(C)(C(C)=O)CC(C(C)=O)=C1. The van der Waals surface area contributed by atoms with E-state index in [0.717, 1.165) is 0 Å². The Balaban J connectivity index is 3.25. The zero-order valence-corrected chi connectivity index (χ0v) is 10.1. The molecule has 1 unspecified atom stereocenters. The predicted octanol–water partition coefficient (Wildman–Crippen LogP) is 2.02. The number of rotatable bonds is 3. The molecule has 0 heterocycles. The number of carbonyl (C=O) groups is 3. The Labute approximate surface area is 95.2 Å². The maximum Gasteiger partial charge on any atom is 0.159 e. The molecule has 0 N–H and O–H groups in total. The number of Topliss-reactive ketones (excluding diaryl/α,β-unsaturated/α-hetero) is 3. The van der Waals surface area contributed by atoms with Gasteiger partial charge in [0.2, 0.25) is 0 Å². The Bertz CT molecular complexity index is 426. The van der Waals surface area contributed by atoms with Crippen molar-refractivity contribution in [1.82, 2.24) is 0 Å². The highest BCUT2D eigenvalue weighted by Gasteiger charge is 2.33. The summed E-state index contributed by atoms with van der Waals surface area (Å²) in [5.74, 6) is -0.233. The van der Waals surface area contributed by atoms with E-state index in [1.807, 2.05) is 0 Å². The van der Waals surface area contributed by atoms with Crippen LogP contribution in [0.4, 0.5) is 0 Å². The minimum absolute atomic E-state index is 0.0295. The number of hydrogen-bond donors (Lipinski definition) is 0. The third-order valence-electron chi connectivity index (χ3n) is 3.02. The Kier molecular flexibility index (Phi) is 3.27. The van der Waals surface area contributed by atoms with E-state index in [-0.39, 0.29) is 17.3 Å². The van der Waals surface area contributed by atoms with E-state index in [0.29, 0.717) is 17.6 Å². The molecule has 3 heteroatoms. The van der Waals surface area contributed by atoms with Crippen molar-refractivity contribution >= 4 is 17.3 Å². The average Bonchev–Trinajstić information content (AvgIpc) is 2.16. The van der Waals surface area contributed by atoms with Gasteiger partial charge in [0.15, 0.2) is 11.6 Å². The lowest BCUT2D eigenvalue weighted by atomic mass is 9.74. The van der Waals surface area contributed by atoms with Gasteiger partial charge in [0.25, 0.3) is 0 Å². The Hall–Kier alpha value is -1.51. The number of ketones is 3. The summed E-state index contributed by atoms with van der Waals surface area (Å²) in [5.41, 5.74) is 0.274. The van der Waals surface area contributed by atoms with E-state index in [9.17, 15) is 14.4 Å². The van der Waals surface area contributed by atoms with Crippen molar-refractivity contribution in [2.45, 2.75) is 34.1 Å². The minimum Gasteiger partial charge on any atom is -0.299 e. The van der Waals surface area contributed by atoms with Crippen molar-refractivity contribution in [2.75, 3.05) is 0 Å². The second-order valence-corrected chi connectivity index (χ2v) is 4.53. The molecule has 0 aromatic heterocycles. The molecule has 0 saturated heterocycles. The van der Waals surface area contributed by atoms with Gasteiger partial charge in [-0.3, -0.25) is 14.4 Å². The summed E-state index contributed by atoms with van der Waals surface area (Å²) in [4.78, 5) is 34.3. The summed E-state index contributed by atoms with van der Waals surface area (Å²) in [7, 11) is 0. The van der Waals surface area contributed by atoms with Crippen LogP contribution in [0.1, 0.15) is 34.1 Å². The minimum atomic E-state index is -0.725. The van der Waals surface area contributed by atoms with Crippen LogP contribution in [-0.4, -0.2) is 17.3 Å². The van der Waals surface area contributed by atoms with Crippen LogP contribution in [-0.2, 0) is 14.4 Å². The van der Waals surface area contributed by atoms with E-state index in [2.05, 4.69) is 0 Å². The average molecular weight is 220 g/mol. The normalized spacial score (nSPS) is 24.5. The van der Waals surface area contributed by atoms with Gasteiger partial charge in [-0.15, -0.1) is 0 Å². The van der Waals surface area contributed by atoms with Gasteiger partial charge in [0, 0.05) is 11.0 Å². The van der Waals surface area contributed by atoms with Crippen molar-refractivity contribution in [3.8, 4) is 0 Å². The van der Waals surface area contributed by atoms with Crippen molar-refractivity contribution in [3.63, 3.8) is 0 Å². The molecule has 0 bridgehead atoms. The molecule has 86 valence electrons. The second-order valence-electron chi connectivity index (χ2n) is 4.53. The molecule has 0 aliphatic heterocycles. The van der Waals surface area contributed by atoms with Crippen molar-refractivity contribution in [2.24, 2.45) is 5.41 Å². The fourth-order valence-corrected chi connectivity index (χ4v) is 1.73. The molecule has 0 aromatic carbocycles. The summed E-state index contributed by atoms with van der Waals surface area (Å²) in [5, 5.41) is 0. The summed E-state index contributed by atoms with van der Waals surface area (Å²) in [6, 6.07) is 0. The molecule has 0 fully saturated rings. The zero-order chi connectivity index (χ0) is 12.5. The summed E-state index contributed by atoms with van der Waals surface area (Å²) < 4.78 is 0. The van der Waals surface area contributed by atoms with Crippen LogP contribution >= 0.6 is 0 Å². The van der Waals surface area contributed by atoms with Gasteiger partial charge in [-0.1, -0.05) is 6.08 Å². The quantitative estimate of drug-likeness (QED) is 0.731. The van der Waals surface area contributed by atoms with Crippen LogP contribution in [0.15, 0.2) is 23.3 Å². The molecule has 3 nitrogen and oxygen atoms in total. The fourth-order valence-electron chi connectivity index (χ4n) is 1.73. The Morgan fingerprint density at radius 2 is 1.69 bits per heavy atom. The zero-order valence-electron chi connectivity index (χ0n) is 10.1. The highest BCUT2D eigenvalue weighted by molar-refractivity contribution is 6.03. The van der Waals surface area contributed by atoms with E-state index >= 15 is 0 Å². The molecular formula is C13H16O3. The fraction of sp³-hybridized carbons (Fsp3) is 0.462. The number of allylic oxidation sites excluding steroid dienone is 4. The van der Waals surface area contributed by atoms with E-state index in [1.54, 1.807) is 19.1 Å². The van der Waals surface area contributed by atoms with Crippen molar-refractivity contribution in [3.05, 3.63) is 23.3 Å². The van der Waals surface area contributed by atoms with Gasteiger partial charge < -0.3 is 0 Å². The van der Waals surface area contributed by atoms with Crippen LogP contribution in [0.5, 0.6) is 0 Å². The van der Waals surface area contributed by atoms with Crippen LogP contribution < -0.4 is 0 Å². The van der Waals surface area contributed by atoms with Gasteiger partial charge >= 0.3 is 0 Å². The van der Waals surface area contributed by atoms with Crippen molar-refractivity contribution < 1.29 is 14.4 Å². The molecule has 0 spiro atoms. The lowest BCUT2D eigenvalue weighted by Crippen LogP contribution is -2.28. The smallest absolute Gasteiger partial charge is 0.159 e. The van der Waals surface area contributed by atoms with E-state index in [1.165, 1.54) is 20.8 Å². The molecule has 1 atom stereocenters. The first-order valence-electron chi connectivity index (χ1n) is 5.22. The number of hydrogen-bond acceptors (Lipinski definition) is 3. The molecule has 1 aliphatic rings. The van der Waals surface area contributed by atoms with Gasteiger partial charge in [-0.25, -0.2) is 0 Å². The molecule has 1 aliphatic carbocycles. The Morgan fingerprint density at radius 1 is 1.12 bits per heavy atom.